The van der Waals surface area contributed by atoms with E-state index in [2.05, 4.69) is 17.0 Å². The van der Waals surface area contributed by atoms with Crippen LogP contribution in [-0.4, -0.2) is 30.2 Å². The van der Waals surface area contributed by atoms with E-state index in [1.807, 2.05) is 6.92 Å². The van der Waals surface area contributed by atoms with Gasteiger partial charge in [0.2, 0.25) is 0 Å². The number of hydrogen-bond acceptors (Lipinski definition) is 3. The Morgan fingerprint density at radius 1 is 1.26 bits per heavy atom. The summed E-state index contributed by atoms with van der Waals surface area (Å²) in [5, 5.41) is 0. The van der Waals surface area contributed by atoms with Crippen molar-refractivity contribution in [1.82, 2.24) is 4.90 Å². The van der Waals surface area contributed by atoms with E-state index < -0.39 is 0 Å². The summed E-state index contributed by atoms with van der Waals surface area (Å²) in [6, 6.07) is 4.81. The Morgan fingerprint density at radius 3 is 2.89 bits per heavy atom. The first-order valence-corrected chi connectivity index (χ1v) is 7.70. The highest BCUT2D eigenvalue weighted by Gasteiger charge is 2.48. The van der Waals surface area contributed by atoms with Gasteiger partial charge >= 0.3 is 0 Å². The van der Waals surface area contributed by atoms with Gasteiger partial charge in [0, 0.05) is 19.2 Å². The van der Waals surface area contributed by atoms with E-state index in [1.165, 1.54) is 32.2 Å². The van der Waals surface area contributed by atoms with E-state index in [0.29, 0.717) is 12.1 Å². The molecule has 3 heteroatoms. The number of nitrogens with zero attached hydrogens (tertiary/aromatic N) is 1. The van der Waals surface area contributed by atoms with Crippen LogP contribution in [0.15, 0.2) is 16.5 Å². The monoisotopic (exact) mass is 261 g/mol. The zero-order chi connectivity index (χ0) is 12.8. The molecule has 0 spiro atoms. The van der Waals surface area contributed by atoms with E-state index in [0.717, 1.165) is 36.5 Å². The Morgan fingerprint density at radius 2 is 2.16 bits per heavy atom. The first kappa shape index (κ1) is 12.0. The molecule has 2 aliphatic carbocycles. The average molecular weight is 261 g/mol. The quantitative estimate of drug-likeness (QED) is 0.815. The largest absolute Gasteiger partial charge is 0.465 e. The highest BCUT2D eigenvalue weighted by molar-refractivity contribution is 5.08. The highest BCUT2D eigenvalue weighted by atomic mass is 16.5. The van der Waals surface area contributed by atoms with Gasteiger partial charge in [-0.2, -0.15) is 0 Å². The van der Waals surface area contributed by atoms with E-state index in [9.17, 15) is 0 Å². The van der Waals surface area contributed by atoms with Crippen molar-refractivity contribution in [3.8, 4) is 0 Å². The van der Waals surface area contributed by atoms with Gasteiger partial charge in [0.15, 0.2) is 0 Å². The molecule has 1 aliphatic heterocycles. The molecule has 1 aromatic rings. The number of aryl methyl sites for hydroxylation is 1. The third kappa shape index (κ3) is 2.34. The van der Waals surface area contributed by atoms with Crippen molar-refractivity contribution in [3.63, 3.8) is 0 Å². The third-order valence-corrected chi connectivity index (χ3v) is 4.99. The van der Waals surface area contributed by atoms with Crippen LogP contribution in [0.25, 0.3) is 0 Å². The minimum atomic E-state index is 0.497. The molecule has 0 aromatic carbocycles. The normalized spacial score (nSPS) is 34.3. The van der Waals surface area contributed by atoms with Crippen LogP contribution in [0.1, 0.15) is 37.2 Å². The van der Waals surface area contributed by atoms with Crippen molar-refractivity contribution in [2.45, 2.75) is 51.3 Å². The molecule has 19 heavy (non-hydrogen) atoms. The van der Waals surface area contributed by atoms with E-state index in [-0.39, 0.29) is 0 Å². The van der Waals surface area contributed by atoms with E-state index >= 15 is 0 Å². The van der Waals surface area contributed by atoms with Crippen LogP contribution in [0.2, 0.25) is 0 Å². The maximum Gasteiger partial charge on any atom is 0.118 e. The number of hydrogen-bond donors (Lipinski definition) is 0. The van der Waals surface area contributed by atoms with Gasteiger partial charge in [-0.05, 0) is 56.6 Å². The van der Waals surface area contributed by atoms with E-state index in [1.54, 1.807) is 0 Å². The second-order valence-electron chi connectivity index (χ2n) is 6.59. The summed E-state index contributed by atoms with van der Waals surface area (Å²) in [6.07, 6.45) is 5.93. The van der Waals surface area contributed by atoms with Gasteiger partial charge in [-0.3, -0.25) is 4.90 Å². The van der Waals surface area contributed by atoms with Crippen molar-refractivity contribution < 1.29 is 9.15 Å². The number of ether oxygens (including phenoxy) is 1. The summed E-state index contributed by atoms with van der Waals surface area (Å²) in [4.78, 5) is 2.57. The maximum atomic E-state index is 6.21. The van der Waals surface area contributed by atoms with Crippen LogP contribution in [0, 0.1) is 18.8 Å². The lowest BCUT2D eigenvalue weighted by Gasteiger charge is -2.26. The van der Waals surface area contributed by atoms with Crippen LogP contribution in [-0.2, 0) is 11.3 Å². The average Bonchev–Trinajstić information content (AvgIpc) is 2.90. The van der Waals surface area contributed by atoms with Crippen molar-refractivity contribution in [2.75, 3.05) is 13.2 Å². The minimum Gasteiger partial charge on any atom is -0.465 e. The third-order valence-electron chi connectivity index (χ3n) is 4.99. The number of fused-ring (bicyclic) bond motifs is 2. The molecule has 0 N–H and O–H groups in total. The number of rotatable bonds is 5. The summed E-state index contributed by atoms with van der Waals surface area (Å²) < 4.78 is 11.9. The molecule has 1 saturated heterocycles. The molecule has 2 bridgehead atoms. The van der Waals surface area contributed by atoms with Crippen molar-refractivity contribution >= 4 is 0 Å². The molecule has 3 fully saturated rings. The summed E-state index contributed by atoms with van der Waals surface area (Å²) in [5.41, 5.74) is 0. The lowest BCUT2D eigenvalue weighted by atomic mass is 10.1. The standard InChI is InChI=1S/C16H23NO2/c1-11-2-6-14(19-11)9-17-8-13-5-7-15(17)16(13)18-10-12-3-4-12/h2,6,12-13,15-16H,3-5,7-10H2,1H3. The molecule has 3 aliphatic rings. The predicted octanol–water partition coefficient (Wildman–Crippen LogP) is 2.98. The molecule has 4 rings (SSSR count). The Kier molecular flexibility index (Phi) is 2.92. The Labute approximate surface area is 114 Å². The molecule has 2 saturated carbocycles. The number of furan rings is 1. The fourth-order valence-electron chi connectivity index (χ4n) is 3.78. The lowest BCUT2D eigenvalue weighted by molar-refractivity contribution is 0.0201. The summed E-state index contributed by atoms with van der Waals surface area (Å²) in [7, 11) is 0. The maximum absolute atomic E-state index is 6.21. The topological polar surface area (TPSA) is 25.6 Å². The summed E-state index contributed by atoms with van der Waals surface area (Å²) in [5.74, 6) is 3.76. The Hall–Kier alpha value is -0.800. The first-order chi connectivity index (χ1) is 9.29. The molecule has 2 heterocycles. The lowest BCUT2D eigenvalue weighted by Crippen LogP contribution is -2.34. The van der Waals surface area contributed by atoms with Gasteiger partial charge in [-0.25, -0.2) is 0 Å². The molecule has 3 unspecified atom stereocenters. The molecular weight excluding hydrogens is 238 g/mol. The highest BCUT2D eigenvalue weighted by Crippen LogP contribution is 2.41. The SMILES string of the molecule is Cc1ccc(CN2CC3CCC2C3OCC2CC2)o1. The fraction of sp³-hybridized carbons (Fsp3) is 0.750. The first-order valence-electron chi connectivity index (χ1n) is 7.70. The van der Waals surface area contributed by atoms with Gasteiger partial charge in [0.1, 0.15) is 11.5 Å². The second-order valence-corrected chi connectivity index (χ2v) is 6.59. The molecular formula is C16H23NO2. The van der Waals surface area contributed by atoms with Crippen LogP contribution in [0.3, 0.4) is 0 Å². The zero-order valence-electron chi connectivity index (χ0n) is 11.7. The fourth-order valence-corrected chi connectivity index (χ4v) is 3.78. The van der Waals surface area contributed by atoms with Crippen LogP contribution >= 0.6 is 0 Å². The minimum absolute atomic E-state index is 0.497. The number of likely N-dealkylation sites (tertiary alicyclic amines) is 1. The van der Waals surface area contributed by atoms with Crippen LogP contribution in [0.5, 0.6) is 0 Å². The predicted molar refractivity (Wildman–Crippen MR) is 72.8 cm³/mol. The summed E-state index contributed by atoms with van der Waals surface area (Å²) >= 11 is 0. The smallest absolute Gasteiger partial charge is 0.118 e. The molecule has 0 radical (unpaired) electrons. The molecule has 0 amide bonds. The zero-order valence-corrected chi connectivity index (χ0v) is 11.7. The molecule has 104 valence electrons. The van der Waals surface area contributed by atoms with Gasteiger partial charge in [0.05, 0.1) is 12.6 Å². The van der Waals surface area contributed by atoms with Crippen LogP contribution in [0.4, 0.5) is 0 Å². The molecule has 1 aromatic heterocycles. The van der Waals surface area contributed by atoms with Gasteiger partial charge < -0.3 is 9.15 Å². The van der Waals surface area contributed by atoms with Crippen molar-refractivity contribution in [1.29, 1.82) is 0 Å². The molecule has 3 atom stereocenters. The second kappa shape index (κ2) is 4.64. The Bertz CT molecular complexity index is 451. The van der Waals surface area contributed by atoms with Crippen molar-refractivity contribution in [2.24, 2.45) is 11.8 Å². The summed E-state index contributed by atoms with van der Waals surface area (Å²) in [6.45, 7) is 5.17. The van der Waals surface area contributed by atoms with Gasteiger partial charge in [-0.1, -0.05) is 0 Å². The van der Waals surface area contributed by atoms with Crippen LogP contribution < -0.4 is 0 Å². The van der Waals surface area contributed by atoms with E-state index in [4.69, 9.17) is 9.15 Å². The Balaban J connectivity index is 1.38. The van der Waals surface area contributed by atoms with Crippen molar-refractivity contribution in [3.05, 3.63) is 23.7 Å². The van der Waals surface area contributed by atoms with Gasteiger partial charge in [-0.15, -0.1) is 0 Å². The van der Waals surface area contributed by atoms with Gasteiger partial charge in [0.25, 0.3) is 0 Å². The number of piperidine rings is 1. The molecule has 3 nitrogen and oxygen atoms in total.